The van der Waals surface area contributed by atoms with Crippen molar-refractivity contribution < 1.29 is 32.2 Å². The van der Waals surface area contributed by atoms with Gasteiger partial charge < -0.3 is 14.2 Å². The number of amides is 2. The molecule has 2 N–H and O–H groups in total. The minimum Gasteiger partial charge on any atom is -0.481 e. The van der Waals surface area contributed by atoms with Gasteiger partial charge in [0.15, 0.2) is 0 Å². The maximum absolute atomic E-state index is 12.9. The second-order valence-corrected chi connectivity index (χ2v) is 7.54. The predicted molar refractivity (Wildman–Crippen MR) is 98.4 cm³/mol. The zero-order valence-corrected chi connectivity index (χ0v) is 16.4. The van der Waals surface area contributed by atoms with Crippen LogP contribution < -0.4 is 19.5 Å². The summed E-state index contributed by atoms with van der Waals surface area (Å²) >= 11 is 0. The maximum atomic E-state index is 12.9. The summed E-state index contributed by atoms with van der Waals surface area (Å²) < 4.78 is 40.1. The molecule has 1 aliphatic carbocycles. The van der Waals surface area contributed by atoms with E-state index in [4.69, 9.17) is 9.47 Å². The first-order valence-corrected chi connectivity index (χ1v) is 9.43. The lowest BCUT2D eigenvalue weighted by Crippen LogP contribution is -2.57. The van der Waals surface area contributed by atoms with Crippen LogP contribution in [0.3, 0.4) is 0 Å². The Morgan fingerprint density at radius 3 is 2.21 bits per heavy atom. The molecule has 0 fully saturated rings. The van der Waals surface area contributed by atoms with Gasteiger partial charge in [0.05, 0.1) is 27.4 Å². The first-order valence-electron chi connectivity index (χ1n) is 7.95. The zero-order valence-electron chi connectivity index (χ0n) is 15.6. The average Bonchev–Trinajstić information content (AvgIpc) is 2.66. The number of methoxy groups -OCH3 is 3. The van der Waals surface area contributed by atoms with E-state index in [1.54, 1.807) is 6.08 Å². The molecule has 2 amide bonds. The van der Waals surface area contributed by atoms with Crippen molar-refractivity contribution in [2.75, 3.05) is 26.6 Å². The highest BCUT2D eigenvalue weighted by Gasteiger charge is 2.54. The van der Waals surface area contributed by atoms with Crippen molar-refractivity contribution in [2.24, 2.45) is 5.92 Å². The maximum Gasteiger partial charge on any atom is 0.335 e. The number of hydrogen-bond acceptors (Lipinski definition) is 9. The van der Waals surface area contributed by atoms with Gasteiger partial charge in [-0.1, -0.05) is 25.2 Å². The number of anilines is 1. The fourth-order valence-electron chi connectivity index (χ4n) is 2.58. The van der Waals surface area contributed by atoms with E-state index in [-0.39, 0.29) is 17.7 Å². The van der Waals surface area contributed by atoms with E-state index in [0.717, 1.165) is 7.11 Å². The first-order chi connectivity index (χ1) is 13.2. The lowest BCUT2D eigenvalue weighted by atomic mass is 9.89. The number of allylic oxidation sites excluding steroid dienone is 3. The average molecular weight is 412 g/mol. The Morgan fingerprint density at radius 1 is 1.11 bits per heavy atom. The Labute approximate surface area is 161 Å². The van der Waals surface area contributed by atoms with Crippen LogP contribution in [0, 0.1) is 5.92 Å². The van der Waals surface area contributed by atoms with Gasteiger partial charge in [0.25, 0.3) is 10.0 Å². The molecule has 2 atom stereocenters. The van der Waals surface area contributed by atoms with Gasteiger partial charge in [-0.05, 0) is 6.08 Å². The van der Waals surface area contributed by atoms with E-state index < -0.39 is 32.7 Å². The van der Waals surface area contributed by atoms with Crippen molar-refractivity contribution in [3.63, 3.8) is 0 Å². The predicted octanol–water partition coefficient (Wildman–Crippen LogP) is 0.619. The molecule has 0 aromatic carbocycles. The summed E-state index contributed by atoms with van der Waals surface area (Å²) in [5.74, 6) is -1.90. The molecule has 1 aliphatic rings. The van der Waals surface area contributed by atoms with Crippen LogP contribution in [0.4, 0.5) is 10.7 Å². The molecule has 0 radical (unpaired) electrons. The van der Waals surface area contributed by atoms with Gasteiger partial charge in [0.1, 0.15) is 0 Å². The number of carbonyl (C=O) groups is 2. The molecule has 1 aromatic heterocycles. The van der Waals surface area contributed by atoms with Crippen LogP contribution in [-0.2, 0) is 19.6 Å². The van der Waals surface area contributed by atoms with E-state index in [9.17, 15) is 18.0 Å². The third-order valence-corrected chi connectivity index (χ3v) is 6.05. The standard InChI is InChI=1S/C16H20N4O7S/c1-10-7-5-6-8-16(10,13(21)27-4)28(23,24)20-15(22)19-14-17-11(25-2)9-12(18-14)26-3/h5-10H,1-4H3,(H2,17,18,19,20,22). The highest BCUT2D eigenvalue weighted by atomic mass is 32.2. The van der Waals surface area contributed by atoms with Gasteiger partial charge in [-0.25, -0.2) is 22.7 Å². The van der Waals surface area contributed by atoms with Crippen LogP contribution in [0.5, 0.6) is 11.8 Å². The highest BCUT2D eigenvalue weighted by Crippen LogP contribution is 2.33. The summed E-state index contributed by atoms with van der Waals surface area (Å²) in [4.78, 5) is 32.3. The van der Waals surface area contributed by atoms with Crippen LogP contribution in [0.25, 0.3) is 0 Å². The van der Waals surface area contributed by atoms with Crippen molar-refractivity contribution in [1.82, 2.24) is 14.7 Å². The van der Waals surface area contributed by atoms with Gasteiger partial charge in [-0.15, -0.1) is 0 Å². The van der Waals surface area contributed by atoms with Crippen LogP contribution in [0.1, 0.15) is 6.92 Å². The molecule has 0 spiro atoms. The molecular weight excluding hydrogens is 392 g/mol. The molecule has 0 aliphatic heterocycles. The van der Waals surface area contributed by atoms with Crippen LogP contribution >= 0.6 is 0 Å². The van der Waals surface area contributed by atoms with Gasteiger partial charge >= 0.3 is 12.0 Å². The fraction of sp³-hybridized carbons (Fsp3) is 0.375. The Balaban J connectivity index is 2.30. The van der Waals surface area contributed by atoms with Crippen molar-refractivity contribution in [3.8, 4) is 11.8 Å². The molecule has 1 aromatic rings. The van der Waals surface area contributed by atoms with E-state index in [0.29, 0.717) is 0 Å². The summed E-state index contributed by atoms with van der Waals surface area (Å²) in [5.41, 5.74) is 0. The van der Waals surface area contributed by atoms with Crippen molar-refractivity contribution in [2.45, 2.75) is 11.7 Å². The molecule has 1 heterocycles. The normalized spacial score (nSPS) is 20.9. The number of aromatic nitrogens is 2. The van der Waals surface area contributed by atoms with E-state index in [1.165, 1.54) is 45.4 Å². The number of hydrogen-bond donors (Lipinski definition) is 2. The number of nitrogens with zero attached hydrogens (tertiary/aromatic N) is 2. The van der Waals surface area contributed by atoms with E-state index in [2.05, 4.69) is 20.0 Å². The number of ether oxygens (including phenoxy) is 3. The molecule has 0 bridgehead atoms. The molecular formula is C16H20N4O7S. The quantitative estimate of drug-likeness (QED) is 0.642. The fourth-order valence-corrected chi connectivity index (χ4v) is 4.18. The lowest BCUT2D eigenvalue weighted by molar-refractivity contribution is -0.143. The number of sulfonamides is 1. The smallest absolute Gasteiger partial charge is 0.335 e. The van der Waals surface area contributed by atoms with Crippen molar-refractivity contribution in [3.05, 3.63) is 30.4 Å². The number of rotatable bonds is 6. The zero-order chi connectivity index (χ0) is 20.9. The van der Waals surface area contributed by atoms with Crippen LogP contribution in [0.15, 0.2) is 30.4 Å². The monoisotopic (exact) mass is 412 g/mol. The summed E-state index contributed by atoms with van der Waals surface area (Å²) in [7, 11) is -0.789. The van der Waals surface area contributed by atoms with Gasteiger partial charge in [-0.3, -0.25) is 5.32 Å². The van der Waals surface area contributed by atoms with Crippen molar-refractivity contribution >= 4 is 28.0 Å². The second kappa shape index (κ2) is 8.25. The molecule has 28 heavy (non-hydrogen) atoms. The SMILES string of the molecule is COC(=O)C1(S(=O)(=O)NC(=O)Nc2nc(OC)cc(OC)n2)C=CC=CC1C. The minimum atomic E-state index is -4.55. The molecule has 12 heteroatoms. The number of urea groups is 1. The first kappa shape index (κ1) is 21.2. The molecule has 2 unspecified atom stereocenters. The molecule has 0 saturated carbocycles. The Bertz CT molecular complexity index is 907. The van der Waals surface area contributed by atoms with Gasteiger partial charge in [0.2, 0.25) is 22.5 Å². The number of esters is 1. The van der Waals surface area contributed by atoms with E-state index in [1.807, 2.05) is 4.72 Å². The summed E-state index contributed by atoms with van der Waals surface area (Å²) in [5, 5.41) is 2.17. The lowest BCUT2D eigenvalue weighted by Gasteiger charge is -2.32. The van der Waals surface area contributed by atoms with Gasteiger partial charge in [-0.2, -0.15) is 9.97 Å². The molecule has 152 valence electrons. The topological polar surface area (TPSA) is 146 Å². The Morgan fingerprint density at radius 2 is 1.71 bits per heavy atom. The number of carbonyl (C=O) groups excluding carboxylic acids is 2. The van der Waals surface area contributed by atoms with E-state index >= 15 is 0 Å². The molecule has 11 nitrogen and oxygen atoms in total. The molecule has 2 rings (SSSR count). The Hall–Kier alpha value is -3.15. The summed E-state index contributed by atoms with van der Waals surface area (Å²) in [6, 6.07) is 0.196. The molecule has 0 saturated heterocycles. The summed E-state index contributed by atoms with van der Waals surface area (Å²) in [6.07, 6.45) is 5.68. The minimum absolute atomic E-state index is 0.0880. The van der Waals surface area contributed by atoms with Gasteiger partial charge in [0, 0.05) is 5.92 Å². The van der Waals surface area contributed by atoms with Crippen LogP contribution in [-0.4, -0.2) is 56.5 Å². The summed E-state index contributed by atoms with van der Waals surface area (Å²) in [6.45, 7) is 1.52. The number of nitrogens with one attached hydrogen (secondary N) is 2. The third kappa shape index (κ3) is 3.91. The van der Waals surface area contributed by atoms with Crippen molar-refractivity contribution in [1.29, 1.82) is 0 Å². The largest absolute Gasteiger partial charge is 0.481 e. The highest BCUT2D eigenvalue weighted by molar-refractivity contribution is 7.92. The third-order valence-electron chi connectivity index (χ3n) is 4.03. The second-order valence-electron chi connectivity index (χ2n) is 5.65. The van der Waals surface area contributed by atoms with Crippen LogP contribution in [0.2, 0.25) is 0 Å². The Kier molecular flexibility index (Phi) is 6.23.